The van der Waals surface area contributed by atoms with Crippen LogP contribution in [0, 0.1) is 0 Å². The molecular formula is C17H29N3O3S. The van der Waals surface area contributed by atoms with Gasteiger partial charge in [0.25, 0.3) is 0 Å². The first kappa shape index (κ1) is 19.1. The van der Waals surface area contributed by atoms with Gasteiger partial charge in [-0.15, -0.1) is 11.3 Å². The minimum Gasteiger partial charge on any atom is -0.462 e. The van der Waals surface area contributed by atoms with Gasteiger partial charge in [-0.05, 0) is 39.3 Å². The Morgan fingerprint density at radius 1 is 1.29 bits per heavy atom. The van der Waals surface area contributed by atoms with Crippen molar-refractivity contribution in [3.05, 3.63) is 9.88 Å². The Morgan fingerprint density at radius 2 is 2.04 bits per heavy atom. The summed E-state index contributed by atoms with van der Waals surface area (Å²) in [6, 6.07) is 0. The summed E-state index contributed by atoms with van der Waals surface area (Å²) in [4.78, 5) is 19.9. The summed E-state index contributed by atoms with van der Waals surface area (Å²) in [7, 11) is 1.69. The minimum absolute atomic E-state index is 0.286. The Bertz CT molecular complexity index is 499. The van der Waals surface area contributed by atoms with E-state index in [1.54, 1.807) is 7.11 Å². The molecule has 2 heterocycles. The molecule has 1 aromatic rings. The Kier molecular flexibility index (Phi) is 8.49. The highest BCUT2D eigenvalue weighted by Crippen LogP contribution is 2.26. The molecule has 6 nitrogen and oxygen atoms in total. The van der Waals surface area contributed by atoms with Crippen molar-refractivity contribution in [2.75, 3.05) is 45.3 Å². The predicted molar refractivity (Wildman–Crippen MR) is 96.8 cm³/mol. The molecule has 2 rings (SSSR count). The van der Waals surface area contributed by atoms with Crippen LogP contribution in [0.2, 0.25) is 0 Å². The molecule has 0 bridgehead atoms. The molecule has 0 saturated carbocycles. The number of esters is 1. The van der Waals surface area contributed by atoms with Crippen LogP contribution in [0.4, 0.5) is 5.82 Å². The number of ether oxygens (including phenoxy) is 2. The van der Waals surface area contributed by atoms with Crippen LogP contribution in [0.3, 0.4) is 0 Å². The number of hydrogen-bond acceptors (Lipinski definition) is 7. The zero-order valence-corrected chi connectivity index (χ0v) is 15.6. The van der Waals surface area contributed by atoms with Gasteiger partial charge in [-0.25, -0.2) is 9.78 Å². The maximum absolute atomic E-state index is 12.2. The molecule has 0 aliphatic carbocycles. The second kappa shape index (κ2) is 10.6. The van der Waals surface area contributed by atoms with Crippen molar-refractivity contribution in [3.8, 4) is 0 Å². The highest BCUT2D eigenvalue weighted by atomic mass is 32.1. The third-order valence-electron chi connectivity index (χ3n) is 4.01. The first-order valence-corrected chi connectivity index (χ1v) is 9.68. The molecule has 1 aliphatic rings. The van der Waals surface area contributed by atoms with Crippen LogP contribution in [0.1, 0.15) is 53.7 Å². The van der Waals surface area contributed by atoms with Crippen LogP contribution >= 0.6 is 11.3 Å². The predicted octanol–water partition coefficient (Wildman–Crippen LogP) is 3.14. The van der Waals surface area contributed by atoms with Gasteiger partial charge in [-0.2, -0.15) is 0 Å². The Morgan fingerprint density at radius 3 is 2.71 bits per heavy atom. The molecule has 136 valence electrons. The molecular weight excluding hydrogens is 326 g/mol. The summed E-state index contributed by atoms with van der Waals surface area (Å²) in [5, 5.41) is 4.24. The van der Waals surface area contributed by atoms with Gasteiger partial charge in [0.1, 0.15) is 5.01 Å². The van der Waals surface area contributed by atoms with Crippen molar-refractivity contribution < 1.29 is 14.3 Å². The fraction of sp³-hybridized carbons (Fsp3) is 0.765. The molecule has 0 unspecified atom stereocenters. The quantitative estimate of drug-likeness (QED) is 0.542. The maximum Gasteiger partial charge on any atom is 0.352 e. The molecule has 1 aliphatic heterocycles. The Labute approximate surface area is 148 Å². The van der Waals surface area contributed by atoms with E-state index in [9.17, 15) is 4.79 Å². The van der Waals surface area contributed by atoms with Gasteiger partial charge in [0.15, 0.2) is 10.7 Å². The summed E-state index contributed by atoms with van der Waals surface area (Å²) >= 11 is 1.45. The van der Waals surface area contributed by atoms with Crippen molar-refractivity contribution in [3.63, 3.8) is 0 Å². The SMILES string of the molecule is CCOC(=O)c1sc(CN2CCCCCC2)nc1NCCCOC. The van der Waals surface area contributed by atoms with Crippen molar-refractivity contribution in [2.45, 2.75) is 45.6 Å². The lowest BCUT2D eigenvalue weighted by molar-refractivity contribution is 0.0533. The van der Waals surface area contributed by atoms with E-state index < -0.39 is 0 Å². The van der Waals surface area contributed by atoms with Gasteiger partial charge in [0.2, 0.25) is 0 Å². The van der Waals surface area contributed by atoms with Crippen LogP contribution in [0.5, 0.6) is 0 Å². The largest absolute Gasteiger partial charge is 0.462 e. The van der Waals surface area contributed by atoms with E-state index in [-0.39, 0.29) is 5.97 Å². The molecule has 0 amide bonds. The number of carbonyl (C=O) groups is 1. The first-order chi connectivity index (χ1) is 11.7. The Hall–Kier alpha value is -1.18. The lowest BCUT2D eigenvalue weighted by Crippen LogP contribution is -2.23. The summed E-state index contributed by atoms with van der Waals surface area (Å²) < 4.78 is 10.2. The summed E-state index contributed by atoms with van der Waals surface area (Å²) in [6.07, 6.45) is 6.00. The number of hydrogen-bond donors (Lipinski definition) is 1. The lowest BCUT2D eigenvalue weighted by Gasteiger charge is -2.17. The summed E-state index contributed by atoms with van der Waals surface area (Å²) in [5.41, 5.74) is 0. The van der Waals surface area contributed by atoms with E-state index >= 15 is 0 Å². The Balaban J connectivity index is 2.02. The number of thiazole rings is 1. The zero-order chi connectivity index (χ0) is 17.2. The fourth-order valence-corrected chi connectivity index (χ4v) is 3.77. The van der Waals surface area contributed by atoms with Gasteiger partial charge in [-0.1, -0.05) is 12.8 Å². The molecule has 0 atom stereocenters. The smallest absolute Gasteiger partial charge is 0.352 e. The maximum atomic E-state index is 12.2. The number of carbonyl (C=O) groups excluding carboxylic acids is 1. The van der Waals surface area contributed by atoms with E-state index in [1.165, 1.54) is 37.0 Å². The molecule has 1 aromatic heterocycles. The van der Waals surface area contributed by atoms with Crippen LogP contribution in [0.25, 0.3) is 0 Å². The average Bonchev–Trinajstić information content (AvgIpc) is 2.79. The van der Waals surface area contributed by atoms with Crippen molar-refractivity contribution in [2.24, 2.45) is 0 Å². The fourth-order valence-electron chi connectivity index (χ4n) is 2.80. The number of likely N-dealkylation sites (tertiary alicyclic amines) is 1. The molecule has 1 N–H and O–H groups in total. The topological polar surface area (TPSA) is 63.7 Å². The lowest BCUT2D eigenvalue weighted by atomic mass is 10.2. The van der Waals surface area contributed by atoms with E-state index in [0.717, 1.165) is 37.6 Å². The van der Waals surface area contributed by atoms with Gasteiger partial charge in [-0.3, -0.25) is 4.90 Å². The molecule has 1 fully saturated rings. The molecule has 0 radical (unpaired) electrons. The number of anilines is 1. The normalized spacial score (nSPS) is 15.9. The highest BCUT2D eigenvalue weighted by Gasteiger charge is 2.20. The summed E-state index contributed by atoms with van der Waals surface area (Å²) in [6.45, 7) is 6.66. The number of aromatic nitrogens is 1. The van der Waals surface area contributed by atoms with Crippen LogP contribution in [-0.2, 0) is 16.0 Å². The van der Waals surface area contributed by atoms with Crippen molar-refractivity contribution in [1.29, 1.82) is 0 Å². The number of methoxy groups -OCH3 is 1. The molecule has 0 aromatic carbocycles. The van der Waals surface area contributed by atoms with E-state index in [0.29, 0.717) is 23.9 Å². The molecule has 24 heavy (non-hydrogen) atoms. The van der Waals surface area contributed by atoms with Gasteiger partial charge in [0, 0.05) is 20.3 Å². The second-order valence-corrected chi connectivity index (χ2v) is 7.05. The van der Waals surface area contributed by atoms with Crippen LogP contribution < -0.4 is 5.32 Å². The third kappa shape index (κ3) is 6.03. The van der Waals surface area contributed by atoms with Gasteiger partial charge in [0.05, 0.1) is 13.2 Å². The zero-order valence-electron chi connectivity index (χ0n) is 14.8. The average molecular weight is 356 g/mol. The highest BCUT2D eigenvalue weighted by molar-refractivity contribution is 7.14. The number of nitrogens with zero attached hydrogens (tertiary/aromatic N) is 2. The minimum atomic E-state index is -0.286. The van der Waals surface area contributed by atoms with E-state index in [1.807, 2.05) is 6.92 Å². The number of rotatable bonds is 9. The van der Waals surface area contributed by atoms with E-state index in [4.69, 9.17) is 9.47 Å². The van der Waals surface area contributed by atoms with Gasteiger partial charge < -0.3 is 14.8 Å². The van der Waals surface area contributed by atoms with Crippen LogP contribution in [-0.4, -0.2) is 55.8 Å². The van der Waals surface area contributed by atoms with E-state index in [2.05, 4.69) is 15.2 Å². The number of nitrogens with one attached hydrogen (secondary N) is 1. The third-order valence-corrected chi connectivity index (χ3v) is 5.03. The standard InChI is InChI=1S/C17H29N3O3S/c1-3-23-17(21)15-16(18-9-8-12-22-2)19-14(24-15)13-20-10-6-4-5-7-11-20/h18H,3-13H2,1-2H3. The van der Waals surface area contributed by atoms with Crippen LogP contribution in [0.15, 0.2) is 0 Å². The molecule has 7 heteroatoms. The monoisotopic (exact) mass is 355 g/mol. The van der Waals surface area contributed by atoms with Gasteiger partial charge >= 0.3 is 5.97 Å². The molecule has 0 spiro atoms. The second-order valence-electron chi connectivity index (χ2n) is 5.97. The first-order valence-electron chi connectivity index (χ1n) is 8.86. The summed E-state index contributed by atoms with van der Waals surface area (Å²) in [5.74, 6) is 0.366. The molecule has 1 saturated heterocycles. The van der Waals surface area contributed by atoms with Crippen molar-refractivity contribution >= 4 is 23.1 Å². The van der Waals surface area contributed by atoms with Crippen molar-refractivity contribution in [1.82, 2.24) is 9.88 Å².